The van der Waals surface area contributed by atoms with Crippen LogP contribution in [0.25, 0.3) is 0 Å². The van der Waals surface area contributed by atoms with Crippen molar-refractivity contribution in [3.8, 4) is 0 Å². The third-order valence-corrected chi connectivity index (χ3v) is 2.55. The zero-order valence-corrected chi connectivity index (χ0v) is 15.9. The van der Waals surface area contributed by atoms with Crippen LogP contribution in [0.4, 0.5) is 39.5 Å². The Labute approximate surface area is 145 Å². The quantitative estimate of drug-likeness (QED) is 0.189. The minimum absolute atomic E-state index is 0. The van der Waals surface area contributed by atoms with Gasteiger partial charge in [-0.15, -0.1) is 0 Å². The van der Waals surface area contributed by atoms with Crippen molar-refractivity contribution in [1.82, 2.24) is 0 Å². The van der Waals surface area contributed by atoms with Gasteiger partial charge in [0.15, 0.2) is 30.4 Å². The third kappa shape index (κ3) is 15.7. The van der Waals surface area contributed by atoms with Crippen molar-refractivity contribution in [3.05, 3.63) is 0 Å². The summed E-state index contributed by atoms with van der Waals surface area (Å²) >= 11 is 0. The van der Waals surface area contributed by atoms with Gasteiger partial charge in [-0.25, -0.2) is 25.3 Å². The van der Waals surface area contributed by atoms with Gasteiger partial charge in [-0.2, -0.15) is 39.5 Å². The topological polar surface area (TPSA) is 172 Å². The van der Waals surface area contributed by atoms with E-state index in [1.54, 1.807) is 0 Å². The molecule has 22 heteroatoms. The predicted molar refractivity (Wildman–Crippen MR) is 47.3 cm³/mol. The fraction of sp³-hybridized carbons (Fsp3) is 1.00. The van der Waals surface area contributed by atoms with Crippen molar-refractivity contribution in [2.24, 2.45) is 0 Å². The second-order valence-corrected chi connectivity index (χ2v) is 6.81. The molecule has 0 aromatic rings. The zero-order chi connectivity index (χ0) is 21.0. The van der Waals surface area contributed by atoms with E-state index in [-0.39, 0.29) is 19.5 Å². The van der Waals surface area contributed by atoms with Gasteiger partial charge in [0.2, 0.25) is 0 Å². The fourth-order valence-electron chi connectivity index (χ4n) is 0. The molecular weight excluding hydrogens is 513 g/mol. The van der Waals surface area contributed by atoms with Crippen LogP contribution in [0.5, 0.6) is 0 Å². The van der Waals surface area contributed by atoms with E-state index in [1.807, 2.05) is 0 Å². The monoisotopic (exact) mass is 511 g/mol. The summed E-state index contributed by atoms with van der Waals surface area (Å²) in [5, 5.41) is 0. The van der Waals surface area contributed by atoms with Crippen LogP contribution in [0.3, 0.4) is 0 Å². The molecule has 9 nitrogen and oxygen atoms in total. The molecule has 0 aromatic carbocycles. The largest absolute Gasteiger partial charge is 0.741 e. The number of hydrogen-bond acceptors (Lipinski definition) is 9. The van der Waals surface area contributed by atoms with Crippen molar-refractivity contribution in [2.75, 3.05) is 0 Å². The molecule has 0 aromatic heterocycles. The van der Waals surface area contributed by atoms with E-state index in [2.05, 4.69) is 0 Å². The molecule has 0 heterocycles. The standard InChI is InChI=1S/3CHF3O3S.Zn/c3*2-1(3,4)8(5,6)7;/h3*(H,5,6,7);/p-3. The van der Waals surface area contributed by atoms with Crippen LogP contribution < -0.4 is 0 Å². The van der Waals surface area contributed by atoms with Crippen LogP contribution in [-0.2, 0) is 49.8 Å². The second-order valence-electron chi connectivity index (χ2n) is 2.70. The minimum atomic E-state index is -6.09. The molecule has 0 radical (unpaired) electrons. The van der Waals surface area contributed by atoms with Crippen LogP contribution in [0.1, 0.15) is 0 Å². The molecule has 0 N–H and O–H groups in total. The van der Waals surface area contributed by atoms with Gasteiger partial charge < -0.3 is 13.7 Å². The van der Waals surface area contributed by atoms with Crippen molar-refractivity contribution in [3.63, 3.8) is 0 Å². The van der Waals surface area contributed by atoms with E-state index >= 15 is 0 Å². The van der Waals surface area contributed by atoms with Crippen LogP contribution in [0, 0.1) is 0 Å². The van der Waals surface area contributed by atoms with Gasteiger partial charge in [-0.1, -0.05) is 0 Å². The normalized spacial score (nSPS) is 13.4. The van der Waals surface area contributed by atoms with Crippen molar-refractivity contribution in [2.45, 2.75) is 16.5 Å². The smallest absolute Gasteiger partial charge is 0.485 e. The Hall–Kier alpha value is -0.277. The van der Waals surface area contributed by atoms with Crippen LogP contribution >= 0.6 is 0 Å². The van der Waals surface area contributed by atoms with Gasteiger partial charge in [-0.05, 0) is 0 Å². The van der Waals surface area contributed by atoms with Crippen LogP contribution in [0.2, 0.25) is 0 Å². The Kier molecular flexibility index (Phi) is 12.4. The maximum atomic E-state index is 10.7. The molecule has 0 unspecified atom stereocenters. The summed E-state index contributed by atoms with van der Waals surface area (Å²) in [7, 11) is -18.3. The maximum Gasteiger partial charge on any atom is 0.485 e. The van der Waals surface area contributed by atoms with E-state index < -0.39 is 46.9 Å². The summed E-state index contributed by atoms with van der Waals surface area (Å²) < 4.78 is 177. The number of hydrogen-bond donors (Lipinski definition) is 0. The molecule has 0 bridgehead atoms. The Morgan fingerprint density at radius 3 is 0.480 bits per heavy atom. The average Bonchev–Trinajstić information content (AvgIpc) is 2.08. The van der Waals surface area contributed by atoms with Gasteiger partial charge in [0, 0.05) is 19.5 Å². The molecule has 0 spiro atoms. The number of halogens is 9. The summed E-state index contributed by atoms with van der Waals surface area (Å²) in [6, 6.07) is 0. The molecule has 0 saturated carbocycles. The molecule has 0 aliphatic carbocycles. The number of alkyl halides is 9. The van der Waals surface area contributed by atoms with Crippen molar-refractivity contribution >= 4 is 30.4 Å². The molecule has 0 atom stereocenters. The number of rotatable bonds is 0. The Balaban J connectivity index is -0.000000130. The van der Waals surface area contributed by atoms with Gasteiger partial charge in [0.05, 0.1) is 0 Å². The van der Waals surface area contributed by atoms with Crippen molar-refractivity contribution < 1.29 is 97.9 Å². The fourth-order valence-corrected chi connectivity index (χ4v) is 0. The third-order valence-electron chi connectivity index (χ3n) is 0.850. The first-order chi connectivity index (χ1) is 9.75. The summed E-state index contributed by atoms with van der Waals surface area (Å²) in [6.07, 6.45) is 0. The average molecular weight is 513 g/mol. The molecule has 0 saturated heterocycles. The molecular formula is C3F9O9S3Zn-3. The Morgan fingerprint density at radius 1 is 0.440 bits per heavy atom. The summed E-state index contributed by atoms with van der Waals surface area (Å²) in [6.45, 7) is 0. The van der Waals surface area contributed by atoms with Crippen molar-refractivity contribution in [1.29, 1.82) is 0 Å². The van der Waals surface area contributed by atoms with Gasteiger partial charge in [0.25, 0.3) is 0 Å². The first kappa shape index (κ1) is 32.4. The molecule has 0 aliphatic heterocycles. The molecule has 25 heavy (non-hydrogen) atoms. The second kappa shape index (κ2) is 9.60. The first-order valence-electron chi connectivity index (χ1n) is 3.81. The molecule has 0 aliphatic rings. The van der Waals surface area contributed by atoms with E-state index in [4.69, 9.17) is 38.9 Å². The Morgan fingerprint density at radius 2 is 0.480 bits per heavy atom. The Bertz CT molecular complexity index is 596. The molecule has 0 rings (SSSR count). The zero-order valence-electron chi connectivity index (χ0n) is 10.5. The van der Waals surface area contributed by atoms with Gasteiger partial charge >= 0.3 is 16.5 Å². The molecule has 152 valence electrons. The van der Waals surface area contributed by atoms with E-state index in [1.165, 1.54) is 0 Å². The molecule has 0 amide bonds. The molecule has 0 fully saturated rings. The van der Waals surface area contributed by atoms with Gasteiger partial charge in [0.1, 0.15) is 0 Å². The van der Waals surface area contributed by atoms with Crippen LogP contribution in [0.15, 0.2) is 0 Å². The minimum Gasteiger partial charge on any atom is -0.741 e. The maximum absolute atomic E-state index is 10.7. The van der Waals surface area contributed by atoms with E-state index in [9.17, 15) is 39.5 Å². The summed E-state index contributed by atoms with van der Waals surface area (Å²) in [5.41, 5.74) is -16.9. The first-order valence-corrected chi connectivity index (χ1v) is 8.04. The van der Waals surface area contributed by atoms with Crippen LogP contribution in [-0.4, -0.2) is 55.4 Å². The predicted octanol–water partition coefficient (Wildman–Crippen LogP) is 0.152. The SMILES string of the molecule is O=S(=O)([O-])C(F)(F)F.O=S(=O)([O-])C(F)(F)F.O=S(=O)([O-])C(F)(F)F.[Zn]. The van der Waals surface area contributed by atoms with Gasteiger partial charge in [-0.3, -0.25) is 0 Å². The summed E-state index contributed by atoms with van der Waals surface area (Å²) in [5.74, 6) is 0. The van der Waals surface area contributed by atoms with E-state index in [0.717, 1.165) is 0 Å². The summed E-state index contributed by atoms with van der Waals surface area (Å²) in [4.78, 5) is 0. The van der Waals surface area contributed by atoms with E-state index in [0.29, 0.717) is 0 Å².